The molecule has 0 aliphatic carbocycles. The predicted octanol–water partition coefficient (Wildman–Crippen LogP) is -3.50. The molecule has 0 aliphatic rings. The highest BCUT2D eigenvalue weighted by atomic mass is 35.5. The molecular weight excluding hydrogens is 284 g/mol. The van der Waals surface area contributed by atoms with Crippen molar-refractivity contribution in [3.05, 3.63) is 40.3 Å². The van der Waals surface area contributed by atoms with Crippen LogP contribution < -0.4 is 27.7 Å². The van der Waals surface area contributed by atoms with Crippen LogP contribution in [0.15, 0.2) is 29.2 Å². The van der Waals surface area contributed by atoms with Crippen molar-refractivity contribution >= 4 is 0 Å². The molecule has 0 aliphatic heterocycles. The van der Waals surface area contributed by atoms with Gasteiger partial charge in [0.1, 0.15) is 12.7 Å². The van der Waals surface area contributed by atoms with Crippen LogP contribution in [-0.4, -0.2) is 28.3 Å². The fraction of sp³-hybridized carbons (Fsp3) is 0.167. The average Bonchev–Trinajstić information content (AvgIpc) is 2.45. The lowest BCUT2D eigenvalue weighted by atomic mass is 10.3. The highest BCUT2D eigenvalue weighted by Gasteiger charge is 2.19. The monoisotopic (exact) mass is 294 g/mol. The molecule has 0 radical (unpaired) electrons. The van der Waals surface area contributed by atoms with Gasteiger partial charge in [0.2, 0.25) is 5.56 Å². The Morgan fingerprint density at radius 1 is 1.50 bits per heavy atom. The van der Waals surface area contributed by atoms with Gasteiger partial charge in [-0.1, -0.05) is 6.07 Å². The summed E-state index contributed by atoms with van der Waals surface area (Å²) in [5.41, 5.74) is -0.235. The highest BCUT2D eigenvalue weighted by molar-refractivity contribution is 5.46. The van der Waals surface area contributed by atoms with Gasteiger partial charge in [-0.2, -0.15) is 5.26 Å². The zero-order valence-electron chi connectivity index (χ0n) is 10.3. The van der Waals surface area contributed by atoms with Crippen molar-refractivity contribution in [3.63, 3.8) is 0 Å². The number of aromatic amines is 2. The normalized spacial score (nSPS) is 9.40. The van der Waals surface area contributed by atoms with Crippen molar-refractivity contribution in [2.45, 2.75) is 0 Å². The fourth-order valence-corrected chi connectivity index (χ4v) is 1.48. The van der Waals surface area contributed by atoms with Gasteiger partial charge in [0, 0.05) is 6.20 Å². The predicted molar refractivity (Wildman–Crippen MR) is 64.1 cm³/mol. The first-order valence-electron chi connectivity index (χ1n) is 5.51. The van der Waals surface area contributed by atoms with Crippen molar-refractivity contribution in [2.24, 2.45) is 0 Å². The second-order valence-corrected chi connectivity index (χ2v) is 3.56. The molecule has 104 valence electrons. The van der Waals surface area contributed by atoms with Crippen LogP contribution in [0.2, 0.25) is 0 Å². The van der Waals surface area contributed by atoms with Crippen molar-refractivity contribution in [2.75, 3.05) is 13.2 Å². The standard InChI is InChI=1S/C12H10N4O3.ClH/c13-7-8-11(18)15-10(9-3-1-2-4-14-9)16-12(8)19-6-5-17;/h1-4,17H,5-6H2,(H,15,16,18);1H. The van der Waals surface area contributed by atoms with E-state index in [4.69, 9.17) is 15.1 Å². The average molecular weight is 295 g/mol. The van der Waals surface area contributed by atoms with Gasteiger partial charge in [-0.25, -0.2) is 19.7 Å². The van der Waals surface area contributed by atoms with Crippen LogP contribution in [0.1, 0.15) is 5.56 Å². The van der Waals surface area contributed by atoms with Crippen molar-refractivity contribution in [1.29, 1.82) is 5.26 Å². The number of aromatic nitrogens is 3. The van der Waals surface area contributed by atoms with E-state index in [9.17, 15) is 4.79 Å². The third-order valence-corrected chi connectivity index (χ3v) is 2.30. The zero-order chi connectivity index (χ0) is 13.7. The van der Waals surface area contributed by atoms with Crippen LogP contribution in [-0.2, 0) is 0 Å². The number of nitriles is 1. The minimum Gasteiger partial charge on any atom is -1.00 e. The van der Waals surface area contributed by atoms with E-state index >= 15 is 0 Å². The third-order valence-electron chi connectivity index (χ3n) is 2.30. The lowest BCUT2D eigenvalue weighted by molar-refractivity contribution is -0.387. The fourth-order valence-electron chi connectivity index (χ4n) is 1.48. The van der Waals surface area contributed by atoms with Crippen LogP contribution in [0.4, 0.5) is 0 Å². The van der Waals surface area contributed by atoms with Crippen LogP contribution >= 0.6 is 0 Å². The molecule has 2 aromatic heterocycles. The topological polar surface area (TPSA) is 113 Å². The molecule has 0 unspecified atom stereocenters. The number of nitrogens with one attached hydrogen (secondary N) is 2. The number of halogens is 1. The minimum absolute atomic E-state index is 0. The lowest BCUT2D eigenvalue weighted by Crippen LogP contribution is -3.00. The summed E-state index contributed by atoms with van der Waals surface area (Å²) in [4.78, 5) is 21.1. The van der Waals surface area contributed by atoms with E-state index in [1.807, 2.05) is 0 Å². The van der Waals surface area contributed by atoms with E-state index in [1.165, 1.54) is 0 Å². The Kier molecular flexibility index (Phi) is 5.65. The van der Waals surface area contributed by atoms with Crippen molar-refractivity contribution in [1.82, 2.24) is 9.97 Å². The van der Waals surface area contributed by atoms with Crippen molar-refractivity contribution < 1.29 is 27.2 Å². The largest absolute Gasteiger partial charge is 1.00 e. The number of nitrogens with zero attached hydrogens (tertiary/aromatic N) is 2. The maximum Gasteiger partial charge on any atom is 0.357 e. The van der Waals surface area contributed by atoms with E-state index in [0.29, 0.717) is 11.5 Å². The molecule has 2 rings (SSSR count). The maximum absolute atomic E-state index is 11.8. The van der Waals surface area contributed by atoms with Crippen LogP contribution in [0.25, 0.3) is 11.5 Å². The molecule has 7 nitrogen and oxygen atoms in total. The Morgan fingerprint density at radius 3 is 2.90 bits per heavy atom. The second kappa shape index (κ2) is 7.23. The Morgan fingerprint density at radius 2 is 2.30 bits per heavy atom. The van der Waals surface area contributed by atoms with Crippen LogP contribution in [0, 0.1) is 11.3 Å². The number of rotatable bonds is 4. The summed E-state index contributed by atoms with van der Waals surface area (Å²) in [6, 6.07) is 6.96. The summed E-state index contributed by atoms with van der Waals surface area (Å²) < 4.78 is 5.14. The van der Waals surface area contributed by atoms with Gasteiger partial charge in [-0.3, -0.25) is 0 Å². The summed E-state index contributed by atoms with van der Waals surface area (Å²) in [5, 5.41) is 17.6. The van der Waals surface area contributed by atoms with Crippen LogP contribution in [0.3, 0.4) is 0 Å². The lowest BCUT2D eigenvalue weighted by Gasteiger charge is -2.02. The smallest absolute Gasteiger partial charge is 0.357 e. The molecule has 0 aromatic carbocycles. The number of hydrogen-bond donors (Lipinski definition) is 2. The maximum atomic E-state index is 11.8. The molecule has 0 fully saturated rings. The van der Waals surface area contributed by atoms with Gasteiger partial charge < -0.3 is 22.3 Å². The summed E-state index contributed by atoms with van der Waals surface area (Å²) in [5.74, 6) is 0.346. The quantitative estimate of drug-likeness (QED) is 0.607. The minimum atomic E-state index is -0.574. The Bertz CT molecular complexity index is 667. The Balaban J connectivity index is 0.00000200. The molecular formula is C12H11ClN4O3. The zero-order valence-corrected chi connectivity index (χ0v) is 11.0. The molecule has 0 saturated heterocycles. The first-order chi connectivity index (χ1) is 9.26. The number of H-pyrrole nitrogens is 2. The SMILES string of the molecule is N#Cc1c(OCCO)[nH+]c(-c2ccccn2)[nH]c1=O.[Cl-]. The van der Waals surface area contributed by atoms with Gasteiger partial charge in [0.25, 0.3) is 0 Å². The number of aliphatic hydroxyl groups excluding tert-OH is 1. The molecule has 0 atom stereocenters. The van der Waals surface area contributed by atoms with E-state index in [1.54, 1.807) is 30.5 Å². The van der Waals surface area contributed by atoms with E-state index < -0.39 is 5.56 Å². The summed E-state index contributed by atoms with van der Waals surface area (Å²) in [6.45, 7) is -0.235. The second-order valence-electron chi connectivity index (χ2n) is 3.56. The van der Waals surface area contributed by atoms with Gasteiger partial charge in [-0.15, -0.1) is 0 Å². The van der Waals surface area contributed by atoms with Gasteiger partial charge in [0.15, 0.2) is 5.69 Å². The van der Waals surface area contributed by atoms with Gasteiger partial charge >= 0.3 is 17.3 Å². The van der Waals surface area contributed by atoms with E-state index in [0.717, 1.165) is 0 Å². The molecule has 0 bridgehead atoms. The Labute approximate surface area is 120 Å². The number of hydrogen-bond acceptors (Lipinski definition) is 5. The van der Waals surface area contributed by atoms with Crippen LogP contribution in [0.5, 0.6) is 5.88 Å². The summed E-state index contributed by atoms with van der Waals surface area (Å²) >= 11 is 0. The van der Waals surface area contributed by atoms with Gasteiger partial charge in [0.05, 0.1) is 6.61 Å². The first kappa shape index (κ1) is 15.6. The molecule has 8 heteroatoms. The molecule has 0 saturated carbocycles. The molecule has 2 aromatic rings. The Hall–Kier alpha value is -2.43. The molecule has 2 heterocycles. The number of aliphatic hydroxyl groups is 1. The van der Waals surface area contributed by atoms with Gasteiger partial charge in [-0.05, 0) is 12.1 Å². The molecule has 20 heavy (non-hydrogen) atoms. The molecule has 0 spiro atoms. The van der Waals surface area contributed by atoms with E-state index in [-0.39, 0.29) is 37.1 Å². The van der Waals surface area contributed by atoms with E-state index in [2.05, 4.69) is 15.0 Å². The number of ether oxygens (including phenoxy) is 1. The third kappa shape index (κ3) is 3.32. The highest BCUT2D eigenvalue weighted by Crippen LogP contribution is 2.10. The summed E-state index contributed by atoms with van der Waals surface area (Å²) in [6.07, 6.45) is 1.58. The summed E-state index contributed by atoms with van der Waals surface area (Å²) in [7, 11) is 0. The molecule has 0 amide bonds. The first-order valence-corrected chi connectivity index (χ1v) is 5.51. The molecule has 3 N–H and O–H groups in total. The van der Waals surface area contributed by atoms with Crippen molar-refractivity contribution in [3.8, 4) is 23.5 Å². The number of pyridine rings is 1.